The third kappa shape index (κ3) is 3.87. The lowest BCUT2D eigenvalue weighted by Gasteiger charge is -2.45. The van der Waals surface area contributed by atoms with E-state index in [9.17, 15) is 4.79 Å². The van der Waals surface area contributed by atoms with Crippen LogP contribution in [0.2, 0.25) is 0 Å². The highest BCUT2D eigenvalue weighted by molar-refractivity contribution is 5.81. The maximum atomic E-state index is 12.2. The Kier molecular flexibility index (Phi) is 5.59. The summed E-state index contributed by atoms with van der Waals surface area (Å²) in [5.41, 5.74) is 7.11. The van der Waals surface area contributed by atoms with Gasteiger partial charge in [-0.05, 0) is 24.3 Å². The van der Waals surface area contributed by atoms with E-state index in [2.05, 4.69) is 49.1 Å². The molecule has 0 aromatic heterocycles. The lowest BCUT2D eigenvalue weighted by Crippen LogP contribution is -2.57. The minimum atomic E-state index is -0.424. The van der Waals surface area contributed by atoms with Gasteiger partial charge in [-0.25, -0.2) is 0 Å². The summed E-state index contributed by atoms with van der Waals surface area (Å²) in [6.07, 6.45) is 0. The van der Waals surface area contributed by atoms with Crippen molar-refractivity contribution in [2.75, 3.05) is 20.1 Å². The molecule has 1 aliphatic heterocycles. The van der Waals surface area contributed by atoms with Crippen LogP contribution < -0.4 is 5.73 Å². The number of benzene rings is 1. The van der Waals surface area contributed by atoms with Crippen LogP contribution in [0.3, 0.4) is 0 Å². The molecule has 1 aromatic carbocycles. The SMILES string of the molecule is C[C@H](N)C(=O)N(C)C1[C@H](C)CN(Cc2ccccc2)C[C@@H]1C. The Morgan fingerprint density at radius 1 is 1.27 bits per heavy atom. The van der Waals surface area contributed by atoms with Gasteiger partial charge in [0, 0.05) is 32.7 Å². The topological polar surface area (TPSA) is 49.6 Å². The van der Waals surface area contributed by atoms with Crippen LogP contribution in [0.4, 0.5) is 0 Å². The predicted molar refractivity (Wildman–Crippen MR) is 90.3 cm³/mol. The Hall–Kier alpha value is -1.39. The number of hydrogen-bond acceptors (Lipinski definition) is 3. The number of likely N-dealkylation sites (tertiary alicyclic amines) is 1. The fraction of sp³-hybridized carbons (Fsp3) is 0.611. The second kappa shape index (κ2) is 7.25. The molecule has 1 heterocycles. The fourth-order valence-corrected chi connectivity index (χ4v) is 3.87. The number of carbonyl (C=O) groups excluding carboxylic acids is 1. The first-order valence-corrected chi connectivity index (χ1v) is 8.18. The minimum absolute atomic E-state index is 0.0419. The molecule has 2 N–H and O–H groups in total. The minimum Gasteiger partial charge on any atom is -0.341 e. The van der Waals surface area contributed by atoms with Crippen molar-refractivity contribution in [3.63, 3.8) is 0 Å². The van der Waals surface area contributed by atoms with E-state index in [0.717, 1.165) is 19.6 Å². The second-order valence-electron chi connectivity index (χ2n) is 6.86. The summed E-state index contributed by atoms with van der Waals surface area (Å²) >= 11 is 0. The molecule has 4 atom stereocenters. The Bertz CT molecular complexity index is 476. The van der Waals surface area contributed by atoms with Crippen LogP contribution in [0, 0.1) is 11.8 Å². The van der Waals surface area contributed by atoms with E-state index in [1.54, 1.807) is 6.92 Å². The number of hydrogen-bond donors (Lipinski definition) is 1. The molecule has 0 spiro atoms. The summed E-state index contributed by atoms with van der Waals surface area (Å²) in [6, 6.07) is 10.4. The van der Waals surface area contributed by atoms with Crippen molar-refractivity contribution in [2.24, 2.45) is 17.6 Å². The molecule has 1 saturated heterocycles. The third-order valence-electron chi connectivity index (χ3n) is 4.69. The molecule has 4 heteroatoms. The molecule has 0 bridgehead atoms. The molecule has 1 amide bonds. The standard InChI is InChI=1S/C18H29N3O/c1-13-10-21(12-16-8-6-5-7-9-16)11-14(2)17(13)20(4)18(22)15(3)19/h5-9,13-15,17H,10-12,19H2,1-4H3/t13-,14+,15-,17?/m0/s1. The second-order valence-corrected chi connectivity index (χ2v) is 6.86. The van der Waals surface area contributed by atoms with Crippen LogP contribution in [0.5, 0.6) is 0 Å². The molecule has 0 radical (unpaired) electrons. The van der Waals surface area contributed by atoms with Gasteiger partial charge >= 0.3 is 0 Å². The lowest BCUT2D eigenvalue weighted by atomic mass is 9.84. The van der Waals surface area contributed by atoms with Gasteiger partial charge in [-0.2, -0.15) is 0 Å². The fourth-order valence-electron chi connectivity index (χ4n) is 3.87. The zero-order valence-corrected chi connectivity index (χ0v) is 14.2. The Morgan fingerprint density at radius 2 is 1.82 bits per heavy atom. The quantitative estimate of drug-likeness (QED) is 0.925. The van der Waals surface area contributed by atoms with E-state index in [1.165, 1.54) is 5.56 Å². The smallest absolute Gasteiger partial charge is 0.239 e. The molecule has 1 unspecified atom stereocenters. The van der Waals surface area contributed by atoms with Gasteiger partial charge < -0.3 is 10.6 Å². The van der Waals surface area contributed by atoms with E-state index in [1.807, 2.05) is 11.9 Å². The molecule has 0 aliphatic carbocycles. The van der Waals surface area contributed by atoms with Crippen LogP contribution in [-0.2, 0) is 11.3 Å². The number of nitrogens with zero attached hydrogens (tertiary/aromatic N) is 2. The maximum absolute atomic E-state index is 12.2. The van der Waals surface area contributed by atoms with E-state index in [4.69, 9.17) is 5.73 Å². The van der Waals surface area contributed by atoms with E-state index in [-0.39, 0.29) is 11.9 Å². The van der Waals surface area contributed by atoms with Crippen LogP contribution in [-0.4, -0.2) is 47.9 Å². The van der Waals surface area contributed by atoms with Gasteiger partial charge in [-0.3, -0.25) is 9.69 Å². The van der Waals surface area contributed by atoms with Gasteiger partial charge in [-0.1, -0.05) is 44.2 Å². The number of nitrogens with two attached hydrogens (primary N) is 1. The van der Waals surface area contributed by atoms with Gasteiger partial charge in [0.2, 0.25) is 5.91 Å². The van der Waals surface area contributed by atoms with Crippen LogP contribution in [0.1, 0.15) is 26.3 Å². The van der Waals surface area contributed by atoms with Gasteiger partial charge in [0.05, 0.1) is 6.04 Å². The molecule has 1 fully saturated rings. The third-order valence-corrected chi connectivity index (χ3v) is 4.69. The average molecular weight is 303 g/mol. The largest absolute Gasteiger partial charge is 0.341 e. The first-order valence-electron chi connectivity index (χ1n) is 8.18. The molecular weight excluding hydrogens is 274 g/mol. The van der Waals surface area contributed by atoms with Crippen LogP contribution in [0.25, 0.3) is 0 Å². The van der Waals surface area contributed by atoms with Crippen molar-refractivity contribution < 1.29 is 4.79 Å². The van der Waals surface area contributed by atoms with E-state index >= 15 is 0 Å². The van der Waals surface area contributed by atoms with Crippen LogP contribution >= 0.6 is 0 Å². The Morgan fingerprint density at radius 3 is 2.32 bits per heavy atom. The number of rotatable bonds is 4. The highest BCUT2D eigenvalue weighted by Crippen LogP contribution is 2.27. The molecular formula is C18H29N3O. The first kappa shape index (κ1) is 17.0. The van der Waals surface area contributed by atoms with E-state index in [0.29, 0.717) is 11.8 Å². The summed E-state index contributed by atoms with van der Waals surface area (Å²) < 4.78 is 0. The average Bonchev–Trinajstić information content (AvgIpc) is 2.46. The molecule has 1 aliphatic rings. The summed E-state index contributed by atoms with van der Waals surface area (Å²) in [6.45, 7) is 9.25. The van der Waals surface area contributed by atoms with Crippen molar-refractivity contribution >= 4 is 5.91 Å². The number of amides is 1. The summed E-state index contributed by atoms with van der Waals surface area (Å²) in [5, 5.41) is 0. The van der Waals surface area contributed by atoms with Crippen molar-refractivity contribution in [1.29, 1.82) is 0 Å². The van der Waals surface area contributed by atoms with Gasteiger partial charge in [0.25, 0.3) is 0 Å². The zero-order chi connectivity index (χ0) is 16.3. The van der Waals surface area contributed by atoms with E-state index < -0.39 is 6.04 Å². The maximum Gasteiger partial charge on any atom is 0.239 e. The Balaban J connectivity index is 2.01. The molecule has 1 aromatic rings. The highest BCUT2D eigenvalue weighted by Gasteiger charge is 2.36. The first-order chi connectivity index (χ1) is 10.4. The Labute approximate surface area is 134 Å². The monoisotopic (exact) mass is 303 g/mol. The van der Waals surface area contributed by atoms with Crippen molar-refractivity contribution in [2.45, 2.75) is 39.4 Å². The van der Waals surface area contributed by atoms with Crippen molar-refractivity contribution in [3.05, 3.63) is 35.9 Å². The molecule has 2 rings (SSSR count). The summed E-state index contributed by atoms with van der Waals surface area (Å²) in [4.78, 5) is 16.6. The molecule has 0 saturated carbocycles. The highest BCUT2D eigenvalue weighted by atomic mass is 16.2. The number of carbonyl (C=O) groups is 1. The van der Waals surface area contributed by atoms with Gasteiger partial charge in [-0.15, -0.1) is 0 Å². The molecule has 4 nitrogen and oxygen atoms in total. The van der Waals surface area contributed by atoms with Crippen molar-refractivity contribution in [3.8, 4) is 0 Å². The zero-order valence-electron chi connectivity index (χ0n) is 14.2. The summed E-state index contributed by atoms with van der Waals surface area (Å²) in [7, 11) is 1.90. The van der Waals surface area contributed by atoms with Gasteiger partial charge in [0.1, 0.15) is 0 Å². The lowest BCUT2D eigenvalue weighted by molar-refractivity contribution is -0.136. The van der Waals surface area contributed by atoms with Crippen LogP contribution in [0.15, 0.2) is 30.3 Å². The normalized spacial score (nSPS) is 27.4. The summed E-state index contributed by atoms with van der Waals surface area (Å²) in [5.74, 6) is 0.931. The predicted octanol–water partition coefficient (Wildman–Crippen LogP) is 1.95. The number of piperidine rings is 1. The molecule has 22 heavy (non-hydrogen) atoms. The van der Waals surface area contributed by atoms with Crippen molar-refractivity contribution in [1.82, 2.24) is 9.80 Å². The molecule has 122 valence electrons. The number of likely N-dealkylation sites (N-methyl/N-ethyl adjacent to an activating group) is 1. The van der Waals surface area contributed by atoms with Gasteiger partial charge in [0.15, 0.2) is 0 Å².